The highest BCUT2D eigenvalue weighted by atomic mass is 16.5. The van der Waals surface area contributed by atoms with E-state index in [1.54, 1.807) is 55.6 Å². The molecule has 0 aromatic heterocycles. The Morgan fingerprint density at radius 3 is 2.22 bits per heavy atom. The van der Waals surface area contributed by atoms with Crippen LogP contribution in [0.1, 0.15) is 6.92 Å². The van der Waals surface area contributed by atoms with Crippen molar-refractivity contribution in [1.82, 2.24) is 0 Å². The third-order valence-electron chi connectivity index (χ3n) is 2.88. The van der Waals surface area contributed by atoms with E-state index in [4.69, 9.17) is 9.47 Å². The first kappa shape index (κ1) is 16.4. The third kappa shape index (κ3) is 5.35. The Morgan fingerprint density at radius 1 is 0.957 bits per heavy atom. The van der Waals surface area contributed by atoms with Crippen molar-refractivity contribution in [3.8, 4) is 11.5 Å². The maximum absolute atomic E-state index is 11.9. The summed E-state index contributed by atoms with van der Waals surface area (Å²) >= 11 is 0. The normalized spacial score (nSPS) is 9.83. The van der Waals surface area contributed by atoms with E-state index < -0.39 is 0 Å². The zero-order valence-corrected chi connectivity index (χ0v) is 13.0. The lowest BCUT2D eigenvalue weighted by Gasteiger charge is -2.09. The fraction of sp³-hybridized carbons (Fsp3) is 0.176. The van der Waals surface area contributed by atoms with Crippen molar-refractivity contribution in [2.24, 2.45) is 0 Å². The highest BCUT2D eigenvalue weighted by molar-refractivity contribution is 5.92. The van der Waals surface area contributed by atoms with Gasteiger partial charge in [-0.05, 0) is 24.3 Å². The van der Waals surface area contributed by atoms with Crippen molar-refractivity contribution in [3.05, 3.63) is 48.5 Å². The van der Waals surface area contributed by atoms with Gasteiger partial charge in [0.2, 0.25) is 5.91 Å². The second-order valence-electron chi connectivity index (χ2n) is 4.78. The summed E-state index contributed by atoms with van der Waals surface area (Å²) in [6.45, 7) is 1.29. The second kappa shape index (κ2) is 7.84. The van der Waals surface area contributed by atoms with Gasteiger partial charge in [-0.1, -0.05) is 12.1 Å². The van der Waals surface area contributed by atoms with Gasteiger partial charge in [-0.3, -0.25) is 9.59 Å². The van der Waals surface area contributed by atoms with Crippen molar-refractivity contribution in [3.63, 3.8) is 0 Å². The molecule has 2 aromatic carbocycles. The quantitative estimate of drug-likeness (QED) is 0.859. The van der Waals surface area contributed by atoms with Crippen LogP contribution in [0.25, 0.3) is 0 Å². The largest absolute Gasteiger partial charge is 0.497 e. The molecule has 0 saturated carbocycles. The van der Waals surface area contributed by atoms with E-state index >= 15 is 0 Å². The summed E-state index contributed by atoms with van der Waals surface area (Å²) in [7, 11) is 1.56. The average molecular weight is 314 g/mol. The lowest BCUT2D eigenvalue weighted by atomic mass is 10.3. The van der Waals surface area contributed by atoms with Crippen LogP contribution in [0.3, 0.4) is 0 Å². The number of hydrogen-bond donors (Lipinski definition) is 2. The molecule has 2 aromatic rings. The van der Waals surface area contributed by atoms with Gasteiger partial charge in [-0.2, -0.15) is 0 Å². The molecule has 2 N–H and O–H groups in total. The first-order chi connectivity index (χ1) is 11.1. The highest BCUT2D eigenvalue weighted by Gasteiger charge is 2.05. The molecule has 0 spiro atoms. The number of anilines is 2. The maximum Gasteiger partial charge on any atom is 0.262 e. The monoisotopic (exact) mass is 314 g/mol. The smallest absolute Gasteiger partial charge is 0.262 e. The van der Waals surface area contributed by atoms with Crippen molar-refractivity contribution < 1.29 is 19.1 Å². The molecule has 0 bridgehead atoms. The predicted molar refractivity (Wildman–Crippen MR) is 87.9 cm³/mol. The SMILES string of the molecule is COc1cccc(NC(=O)COc2cccc(NC(C)=O)c2)c1. The van der Waals surface area contributed by atoms with E-state index in [0.717, 1.165) is 0 Å². The Balaban J connectivity index is 1.90. The number of methoxy groups -OCH3 is 1. The second-order valence-corrected chi connectivity index (χ2v) is 4.78. The molecule has 0 saturated heterocycles. The maximum atomic E-state index is 11.9. The van der Waals surface area contributed by atoms with Gasteiger partial charge < -0.3 is 20.1 Å². The minimum absolute atomic E-state index is 0.138. The summed E-state index contributed by atoms with van der Waals surface area (Å²) in [4.78, 5) is 22.9. The first-order valence-electron chi connectivity index (χ1n) is 7.01. The number of carbonyl (C=O) groups is 2. The summed E-state index contributed by atoms with van der Waals surface area (Å²) in [5, 5.41) is 5.37. The summed E-state index contributed by atoms with van der Waals surface area (Å²) in [6.07, 6.45) is 0. The molecule has 2 amide bonds. The van der Waals surface area contributed by atoms with Crippen molar-refractivity contribution in [1.29, 1.82) is 0 Å². The number of amides is 2. The highest BCUT2D eigenvalue weighted by Crippen LogP contribution is 2.18. The van der Waals surface area contributed by atoms with Gasteiger partial charge in [0.15, 0.2) is 6.61 Å². The third-order valence-corrected chi connectivity index (χ3v) is 2.88. The van der Waals surface area contributed by atoms with Crippen LogP contribution in [0.5, 0.6) is 11.5 Å². The van der Waals surface area contributed by atoms with Gasteiger partial charge in [0, 0.05) is 30.4 Å². The number of rotatable bonds is 6. The van der Waals surface area contributed by atoms with E-state index in [1.807, 2.05) is 0 Å². The Hall–Kier alpha value is -3.02. The predicted octanol–water partition coefficient (Wildman–Crippen LogP) is 2.67. The summed E-state index contributed by atoms with van der Waals surface area (Å²) in [5.74, 6) is 0.699. The van der Waals surface area contributed by atoms with Crippen LogP contribution < -0.4 is 20.1 Å². The average Bonchev–Trinajstić information content (AvgIpc) is 2.53. The molecule has 2 rings (SSSR count). The zero-order chi connectivity index (χ0) is 16.7. The Labute approximate surface area is 134 Å². The zero-order valence-electron chi connectivity index (χ0n) is 13.0. The Morgan fingerprint density at radius 2 is 1.57 bits per heavy atom. The van der Waals surface area contributed by atoms with Gasteiger partial charge >= 0.3 is 0 Å². The summed E-state index contributed by atoms with van der Waals surface area (Å²) in [6, 6.07) is 13.9. The van der Waals surface area contributed by atoms with Crippen LogP contribution in [0.2, 0.25) is 0 Å². The molecular formula is C17H18N2O4. The van der Waals surface area contributed by atoms with Gasteiger partial charge in [-0.25, -0.2) is 0 Å². The molecule has 0 heterocycles. The number of benzene rings is 2. The van der Waals surface area contributed by atoms with Crippen LogP contribution in [0.15, 0.2) is 48.5 Å². The molecule has 0 aliphatic heterocycles. The molecule has 0 unspecified atom stereocenters. The molecule has 0 radical (unpaired) electrons. The number of hydrogen-bond acceptors (Lipinski definition) is 4. The van der Waals surface area contributed by atoms with Gasteiger partial charge in [0.05, 0.1) is 7.11 Å². The van der Waals surface area contributed by atoms with Gasteiger partial charge in [0.25, 0.3) is 5.91 Å². The number of nitrogens with one attached hydrogen (secondary N) is 2. The molecule has 0 fully saturated rings. The van der Waals surface area contributed by atoms with Crippen molar-refractivity contribution in [2.45, 2.75) is 6.92 Å². The molecule has 0 aliphatic rings. The minimum atomic E-state index is -0.289. The first-order valence-corrected chi connectivity index (χ1v) is 7.01. The van der Waals surface area contributed by atoms with E-state index in [0.29, 0.717) is 22.9 Å². The van der Waals surface area contributed by atoms with E-state index in [1.165, 1.54) is 6.92 Å². The number of ether oxygens (including phenoxy) is 2. The Bertz CT molecular complexity index is 700. The standard InChI is InChI=1S/C17H18N2O4/c1-12(20)18-13-5-4-8-16(10-13)23-11-17(21)19-14-6-3-7-15(9-14)22-2/h3-10H,11H2,1-2H3,(H,18,20)(H,19,21). The van der Waals surface area contributed by atoms with Crippen LogP contribution in [0, 0.1) is 0 Å². The van der Waals surface area contributed by atoms with Crippen molar-refractivity contribution >= 4 is 23.2 Å². The Kier molecular flexibility index (Phi) is 5.57. The van der Waals surface area contributed by atoms with Crippen molar-refractivity contribution in [2.75, 3.05) is 24.4 Å². The fourth-order valence-corrected chi connectivity index (χ4v) is 1.91. The van der Waals surface area contributed by atoms with Gasteiger partial charge in [0.1, 0.15) is 11.5 Å². The number of carbonyl (C=O) groups excluding carboxylic acids is 2. The molecule has 6 heteroatoms. The lowest BCUT2D eigenvalue weighted by Crippen LogP contribution is -2.20. The lowest BCUT2D eigenvalue weighted by molar-refractivity contribution is -0.118. The molecule has 6 nitrogen and oxygen atoms in total. The molecule has 120 valence electrons. The molecular weight excluding hydrogens is 296 g/mol. The van der Waals surface area contributed by atoms with E-state index in [9.17, 15) is 9.59 Å². The molecule has 0 aliphatic carbocycles. The summed E-state index contributed by atoms with van der Waals surface area (Å²) in [5.41, 5.74) is 1.24. The molecule has 0 atom stereocenters. The van der Waals surface area contributed by atoms with Crippen LogP contribution in [0.4, 0.5) is 11.4 Å². The van der Waals surface area contributed by atoms with Crippen LogP contribution in [-0.2, 0) is 9.59 Å². The topological polar surface area (TPSA) is 76.7 Å². The van der Waals surface area contributed by atoms with Gasteiger partial charge in [-0.15, -0.1) is 0 Å². The minimum Gasteiger partial charge on any atom is -0.497 e. The van der Waals surface area contributed by atoms with E-state index in [2.05, 4.69) is 10.6 Å². The fourth-order valence-electron chi connectivity index (χ4n) is 1.91. The van der Waals surface area contributed by atoms with E-state index in [-0.39, 0.29) is 18.4 Å². The summed E-state index contributed by atoms with van der Waals surface area (Å²) < 4.78 is 10.5. The molecule has 23 heavy (non-hydrogen) atoms. The van der Waals surface area contributed by atoms with Crippen LogP contribution in [-0.4, -0.2) is 25.5 Å². The van der Waals surface area contributed by atoms with Crippen LogP contribution >= 0.6 is 0 Å².